The molecule has 2 aromatic carbocycles. The zero-order valence-electron chi connectivity index (χ0n) is 11.1. The minimum atomic E-state index is -0.617. The second-order valence-corrected chi connectivity index (χ2v) is 5.13. The van der Waals surface area contributed by atoms with Gasteiger partial charge in [0.15, 0.2) is 0 Å². The molecule has 0 radical (unpaired) electrons. The van der Waals surface area contributed by atoms with E-state index in [2.05, 4.69) is 37.3 Å². The summed E-state index contributed by atoms with van der Waals surface area (Å²) in [6.07, 6.45) is 0. The first-order valence-electron chi connectivity index (χ1n) is 6.33. The monoisotopic (exact) mass is 256 g/mol. The largest absolute Gasteiger partial charge is 0.468 e. The van der Waals surface area contributed by atoms with Crippen LogP contribution in [0, 0.1) is 6.92 Å². The van der Waals surface area contributed by atoms with Crippen LogP contribution in [0.4, 0.5) is 0 Å². The number of rotatable bonds is 2. The van der Waals surface area contributed by atoms with E-state index < -0.39 is 5.41 Å². The van der Waals surface area contributed by atoms with Crippen molar-refractivity contribution in [2.24, 2.45) is 0 Å². The van der Waals surface area contributed by atoms with Gasteiger partial charge < -0.3 is 9.47 Å². The van der Waals surface area contributed by atoms with Crippen LogP contribution in [0.15, 0.2) is 36.4 Å². The quantitative estimate of drug-likeness (QED) is 0.775. The number of esters is 1. The van der Waals surface area contributed by atoms with Crippen LogP contribution in [0.1, 0.15) is 11.1 Å². The molecule has 1 fully saturated rings. The summed E-state index contributed by atoms with van der Waals surface area (Å²) in [5.41, 5.74) is 1.59. The molecule has 0 saturated carbocycles. The number of carbonyl (C=O) groups is 1. The number of hydrogen-bond donors (Lipinski definition) is 0. The molecule has 1 heterocycles. The fraction of sp³-hybridized carbons (Fsp3) is 0.312. The van der Waals surface area contributed by atoms with Crippen LogP contribution in [0.25, 0.3) is 10.8 Å². The lowest BCUT2D eigenvalue weighted by atomic mass is 9.78. The van der Waals surface area contributed by atoms with Gasteiger partial charge in [-0.1, -0.05) is 35.9 Å². The van der Waals surface area contributed by atoms with Crippen molar-refractivity contribution in [1.82, 2.24) is 0 Å². The van der Waals surface area contributed by atoms with Crippen molar-refractivity contribution >= 4 is 16.7 Å². The molecule has 0 amide bonds. The molecular formula is C16H16O3. The Balaban J connectivity index is 2.10. The van der Waals surface area contributed by atoms with Crippen molar-refractivity contribution in [3.8, 4) is 0 Å². The molecular weight excluding hydrogens is 240 g/mol. The van der Waals surface area contributed by atoms with E-state index in [-0.39, 0.29) is 5.97 Å². The van der Waals surface area contributed by atoms with Crippen LogP contribution in [0.3, 0.4) is 0 Å². The van der Waals surface area contributed by atoms with Crippen molar-refractivity contribution in [3.63, 3.8) is 0 Å². The second kappa shape index (κ2) is 4.35. The number of carbonyl (C=O) groups excluding carboxylic acids is 1. The number of fused-ring (bicyclic) bond motifs is 1. The Hall–Kier alpha value is -1.87. The molecule has 0 spiro atoms. The molecule has 0 aliphatic carbocycles. The van der Waals surface area contributed by atoms with Gasteiger partial charge in [0.2, 0.25) is 0 Å². The fourth-order valence-corrected chi connectivity index (χ4v) is 2.57. The highest BCUT2D eigenvalue weighted by atomic mass is 16.5. The van der Waals surface area contributed by atoms with Crippen molar-refractivity contribution in [1.29, 1.82) is 0 Å². The zero-order chi connectivity index (χ0) is 13.5. The van der Waals surface area contributed by atoms with Gasteiger partial charge in [0, 0.05) is 0 Å². The Labute approximate surface area is 112 Å². The summed E-state index contributed by atoms with van der Waals surface area (Å²) < 4.78 is 10.2. The summed E-state index contributed by atoms with van der Waals surface area (Å²) in [5.74, 6) is -0.217. The van der Waals surface area contributed by atoms with E-state index in [0.29, 0.717) is 13.2 Å². The highest BCUT2D eigenvalue weighted by Crippen LogP contribution is 2.35. The van der Waals surface area contributed by atoms with E-state index in [9.17, 15) is 4.79 Å². The predicted octanol–water partition coefficient (Wildman–Crippen LogP) is 2.59. The van der Waals surface area contributed by atoms with E-state index in [0.717, 1.165) is 10.9 Å². The molecule has 0 N–H and O–H groups in total. The van der Waals surface area contributed by atoms with Crippen molar-refractivity contribution < 1.29 is 14.3 Å². The second-order valence-electron chi connectivity index (χ2n) is 5.13. The van der Waals surface area contributed by atoms with Crippen molar-refractivity contribution in [2.45, 2.75) is 12.3 Å². The minimum absolute atomic E-state index is 0.217. The van der Waals surface area contributed by atoms with Gasteiger partial charge in [-0.3, -0.25) is 4.79 Å². The van der Waals surface area contributed by atoms with Crippen LogP contribution in [0.5, 0.6) is 0 Å². The SMILES string of the molecule is COC(=O)C1(c2ccc3cc(C)ccc3c2)COC1. The standard InChI is InChI=1S/C16H16O3/c1-11-3-4-13-8-14(6-5-12(13)7-11)16(9-19-10-16)15(17)18-2/h3-8H,9-10H2,1-2H3. The van der Waals surface area contributed by atoms with Crippen molar-refractivity contribution in [3.05, 3.63) is 47.5 Å². The Morgan fingerprint density at radius 2 is 1.84 bits per heavy atom. The molecule has 0 unspecified atom stereocenters. The third-order valence-corrected chi connectivity index (χ3v) is 3.82. The third-order valence-electron chi connectivity index (χ3n) is 3.82. The number of hydrogen-bond acceptors (Lipinski definition) is 3. The van der Waals surface area contributed by atoms with E-state index in [4.69, 9.17) is 9.47 Å². The minimum Gasteiger partial charge on any atom is -0.468 e. The summed E-state index contributed by atoms with van der Waals surface area (Å²) >= 11 is 0. The first-order valence-corrected chi connectivity index (χ1v) is 6.33. The van der Waals surface area contributed by atoms with Gasteiger partial charge in [-0.2, -0.15) is 0 Å². The lowest BCUT2D eigenvalue weighted by Gasteiger charge is -2.39. The van der Waals surface area contributed by atoms with Gasteiger partial charge in [-0.05, 0) is 29.3 Å². The lowest BCUT2D eigenvalue weighted by molar-refractivity contribution is -0.166. The first kappa shape index (κ1) is 12.2. The topological polar surface area (TPSA) is 35.5 Å². The molecule has 3 nitrogen and oxygen atoms in total. The van der Waals surface area contributed by atoms with Crippen LogP contribution < -0.4 is 0 Å². The van der Waals surface area contributed by atoms with E-state index in [1.54, 1.807) is 0 Å². The van der Waals surface area contributed by atoms with Crippen LogP contribution in [-0.2, 0) is 19.7 Å². The maximum absolute atomic E-state index is 12.0. The number of benzene rings is 2. The molecule has 2 aromatic rings. The molecule has 0 bridgehead atoms. The predicted molar refractivity (Wildman–Crippen MR) is 73.2 cm³/mol. The average Bonchev–Trinajstić information content (AvgIpc) is 2.37. The van der Waals surface area contributed by atoms with E-state index >= 15 is 0 Å². The Bertz CT molecular complexity index is 641. The Kier molecular flexibility index (Phi) is 2.79. The number of aryl methyl sites for hydroxylation is 1. The fourth-order valence-electron chi connectivity index (χ4n) is 2.57. The van der Waals surface area contributed by atoms with E-state index in [1.165, 1.54) is 18.1 Å². The smallest absolute Gasteiger partial charge is 0.321 e. The van der Waals surface area contributed by atoms with Crippen LogP contribution in [-0.4, -0.2) is 26.3 Å². The van der Waals surface area contributed by atoms with Gasteiger partial charge in [0.05, 0.1) is 20.3 Å². The Morgan fingerprint density at radius 3 is 2.47 bits per heavy atom. The van der Waals surface area contributed by atoms with Crippen LogP contribution in [0.2, 0.25) is 0 Å². The van der Waals surface area contributed by atoms with Gasteiger partial charge in [-0.25, -0.2) is 0 Å². The number of methoxy groups -OCH3 is 1. The number of ether oxygens (including phenoxy) is 2. The van der Waals surface area contributed by atoms with E-state index in [1.807, 2.05) is 6.07 Å². The summed E-state index contributed by atoms with van der Waals surface area (Å²) in [4.78, 5) is 12.0. The molecule has 1 aliphatic rings. The van der Waals surface area contributed by atoms with Gasteiger partial charge in [0.25, 0.3) is 0 Å². The zero-order valence-corrected chi connectivity index (χ0v) is 11.1. The first-order chi connectivity index (χ1) is 9.15. The van der Waals surface area contributed by atoms with Crippen molar-refractivity contribution in [2.75, 3.05) is 20.3 Å². The van der Waals surface area contributed by atoms with Gasteiger partial charge in [0.1, 0.15) is 5.41 Å². The lowest BCUT2D eigenvalue weighted by Crippen LogP contribution is -2.53. The summed E-state index contributed by atoms with van der Waals surface area (Å²) in [5, 5.41) is 2.32. The highest BCUT2D eigenvalue weighted by Gasteiger charge is 2.48. The van der Waals surface area contributed by atoms with Gasteiger partial charge in [-0.15, -0.1) is 0 Å². The maximum atomic E-state index is 12.0. The summed E-state index contributed by atoms with van der Waals surface area (Å²) in [6, 6.07) is 12.4. The maximum Gasteiger partial charge on any atom is 0.321 e. The molecule has 1 saturated heterocycles. The Morgan fingerprint density at radius 1 is 1.16 bits per heavy atom. The molecule has 0 aromatic heterocycles. The summed E-state index contributed by atoms with van der Waals surface area (Å²) in [6.45, 7) is 2.87. The molecule has 0 atom stereocenters. The summed E-state index contributed by atoms with van der Waals surface area (Å²) in [7, 11) is 1.42. The highest BCUT2D eigenvalue weighted by molar-refractivity contribution is 5.89. The normalized spacial score (nSPS) is 16.9. The van der Waals surface area contributed by atoms with Crippen LogP contribution >= 0.6 is 0 Å². The average molecular weight is 256 g/mol. The molecule has 3 rings (SSSR count). The third kappa shape index (κ3) is 1.81. The molecule has 1 aliphatic heterocycles. The molecule has 3 heteroatoms. The van der Waals surface area contributed by atoms with Gasteiger partial charge >= 0.3 is 5.97 Å². The molecule has 19 heavy (non-hydrogen) atoms. The molecule has 98 valence electrons.